The Bertz CT molecular complexity index is 674. The van der Waals surface area contributed by atoms with Crippen LogP contribution < -0.4 is 5.32 Å². The molecule has 1 fully saturated rings. The lowest BCUT2D eigenvalue weighted by Gasteiger charge is -2.26. The van der Waals surface area contributed by atoms with E-state index >= 15 is 0 Å². The largest absolute Gasteiger partial charge is 0.341 e. The van der Waals surface area contributed by atoms with Crippen molar-refractivity contribution in [3.8, 4) is 0 Å². The highest BCUT2D eigenvalue weighted by Crippen LogP contribution is 2.18. The standard InChI is InChI=1S/C20H26N2O/c1-15(2)21-19(20(23)22-11-5-6-12-22)14-16-9-10-17-7-3-4-8-18(17)13-16/h3-4,7-10,13,15,19,21H,5-6,11-12,14H2,1-2H3/t19-/m0/s1. The molecule has 23 heavy (non-hydrogen) atoms. The van der Waals surface area contributed by atoms with E-state index in [0.29, 0.717) is 6.04 Å². The van der Waals surface area contributed by atoms with Crippen LogP contribution in [0, 0.1) is 0 Å². The minimum absolute atomic E-state index is 0.130. The van der Waals surface area contributed by atoms with E-state index in [0.717, 1.165) is 32.4 Å². The van der Waals surface area contributed by atoms with E-state index in [4.69, 9.17) is 0 Å². The normalized spacial score (nSPS) is 16.2. The minimum Gasteiger partial charge on any atom is -0.341 e. The molecular weight excluding hydrogens is 284 g/mol. The van der Waals surface area contributed by atoms with Crippen molar-refractivity contribution in [2.24, 2.45) is 0 Å². The molecule has 3 nitrogen and oxygen atoms in total. The summed E-state index contributed by atoms with van der Waals surface area (Å²) in [7, 11) is 0. The van der Waals surface area contributed by atoms with E-state index in [2.05, 4.69) is 61.6 Å². The number of carbonyl (C=O) groups is 1. The minimum atomic E-state index is -0.130. The number of fused-ring (bicyclic) bond motifs is 1. The van der Waals surface area contributed by atoms with Gasteiger partial charge in [-0.1, -0.05) is 56.3 Å². The Hall–Kier alpha value is -1.87. The van der Waals surface area contributed by atoms with Gasteiger partial charge in [-0.05, 0) is 35.6 Å². The zero-order chi connectivity index (χ0) is 16.2. The van der Waals surface area contributed by atoms with Crippen molar-refractivity contribution < 1.29 is 4.79 Å². The molecule has 0 spiro atoms. The lowest BCUT2D eigenvalue weighted by Crippen LogP contribution is -2.49. The van der Waals surface area contributed by atoms with Crippen LogP contribution in [0.3, 0.4) is 0 Å². The van der Waals surface area contributed by atoms with E-state index in [1.807, 2.05) is 4.90 Å². The zero-order valence-electron chi connectivity index (χ0n) is 14.1. The number of nitrogens with zero attached hydrogens (tertiary/aromatic N) is 1. The van der Waals surface area contributed by atoms with Crippen LogP contribution in [0.4, 0.5) is 0 Å². The number of hydrogen-bond donors (Lipinski definition) is 1. The molecule has 2 aromatic carbocycles. The Morgan fingerprint density at radius 3 is 2.48 bits per heavy atom. The van der Waals surface area contributed by atoms with Gasteiger partial charge in [-0.25, -0.2) is 0 Å². The van der Waals surface area contributed by atoms with E-state index in [1.165, 1.54) is 16.3 Å². The summed E-state index contributed by atoms with van der Waals surface area (Å²) in [5.41, 5.74) is 1.22. The van der Waals surface area contributed by atoms with Gasteiger partial charge in [0.25, 0.3) is 0 Å². The third kappa shape index (κ3) is 3.91. The fraction of sp³-hybridized carbons (Fsp3) is 0.450. The molecule has 1 aliphatic heterocycles. The smallest absolute Gasteiger partial charge is 0.240 e. The van der Waals surface area contributed by atoms with E-state index in [9.17, 15) is 4.79 Å². The van der Waals surface area contributed by atoms with Gasteiger partial charge in [0.05, 0.1) is 6.04 Å². The van der Waals surface area contributed by atoms with Crippen molar-refractivity contribution >= 4 is 16.7 Å². The first-order chi connectivity index (χ1) is 11.1. The number of nitrogens with one attached hydrogen (secondary N) is 1. The predicted octanol–water partition coefficient (Wildman–Crippen LogP) is 3.37. The predicted molar refractivity (Wildman–Crippen MR) is 95.5 cm³/mol. The summed E-state index contributed by atoms with van der Waals surface area (Å²) in [5.74, 6) is 0.254. The van der Waals surface area contributed by atoms with Crippen molar-refractivity contribution in [1.82, 2.24) is 10.2 Å². The summed E-state index contributed by atoms with van der Waals surface area (Å²) in [4.78, 5) is 14.8. The highest BCUT2D eigenvalue weighted by molar-refractivity contribution is 5.84. The molecule has 1 saturated heterocycles. The zero-order valence-corrected chi connectivity index (χ0v) is 14.1. The Kier molecular flexibility index (Phi) is 4.97. The molecule has 0 aromatic heterocycles. The van der Waals surface area contributed by atoms with Crippen LogP contribution >= 0.6 is 0 Å². The second-order valence-electron chi connectivity index (χ2n) is 6.79. The molecule has 1 amide bonds. The van der Waals surface area contributed by atoms with E-state index < -0.39 is 0 Å². The van der Waals surface area contributed by atoms with Gasteiger partial charge in [-0.3, -0.25) is 4.79 Å². The number of hydrogen-bond acceptors (Lipinski definition) is 2. The highest BCUT2D eigenvalue weighted by atomic mass is 16.2. The molecule has 122 valence electrons. The maximum Gasteiger partial charge on any atom is 0.240 e. The van der Waals surface area contributed by atoms with Crippen molar-refractivity contribution in [3.63, 3.8) is 0 Å². The molecule has 0 unspecified atom stereocenters. The van der Waals surface area contributed by atoms with E-state index in [-0.39, 0.29) is 11.9 Å². The van der Waals surface area contributed by atoms with Crippen LogP contribution in [0.5, 0.6) is 0 Å². The van der Waals surface area contributed by atoms with Crippen molar-refractivity contribution in [2.75, 3.05) is 13.1 Å². The molecule has 3 heteroatoms. The van der Waals surface area contributed by atoms with Gasteiger partial charge < -0.3 is 10.2 Å². The average Bonchev–Trinajstić information content (AvgIpc) is 3.07. The Labute approximate surface area is 138 Å². The maximum absolute atomic E-state index is 12.8. The number of amides is 1. The fourth-order valence-electron chi connectivity index (χ4n) is 3.38. The summed E-state index contributed by atoms with van der Waals surface area (Å²) < 4.78 is 0. The second kappa shape index (κ2) is 7.14. The summed E-state index contributed by atoms with van der Waals surface area (Å²) in [5, 5.41) is 5.95. The van der Waals surface area contributed by atoms with Gasteiger partial charge >= 0.3 is 0 Å². The van der Waals surface area contributed by atoms with Gasteiger partial charge in [0, 0.05) is 19.1 Å². The first kappa shape index (κ1) is 16.0. The SMILES string of the molecule is CC(C)N[C@@H](Cc1ccc2ccccc2c1)C(=O)N1CCCC1. The third-order valence-electron chi connectivity index (χ3n) is 4.50. The summed E-state index contributed by atoms with van der Waals surface area (Å²) >= 11 is 0. The van der Waals surface area contributed by atoms with Crippen LogP contribution in [0.25, 0.3) is 10.8 Å². The first-order valence-electron chi connectivity index (χ1n) is 8.66. The van der Waals surface area contributed by atoms with Crippen LogP contribution in [0.1, 0.15) is 32.3 Å². The summed E-state index contributed by atoms with van der Waals surface area (Å²) in [6, 6.07) is 15.0. The van der Waals surface area contributed by atoms with Gasteiger partial charge in [0.1, 0.15) is 0 Å². The topological polar surface area (TPSA) is 32.3 Å². The summed E-state index contributed by atoms with van der Waals surface area (Å²) in [6.45, 7) is 6.02. The molecule has 0 aliphatic carbocycles. The van der Waals surface area contributed by atoms with Gasteiger partial charge in [0.15, 0.2) is 0 Å². The van der Waals surface area contributed by atoms with Gasteiger partial charge in [-0.2, -0.15) is 0 Å². The molecule has 3 rings (SSSR count). The molecule has 1 heterocycles. The number of benzene rings is 2. The summed E-state index contributed by atoms with van der Waals surface area (Å²) in [6.07, 6.45) is 3.02. The molecule has 0 radical (unpaired) electrons. The number of rotatable bonds is 5. The fourth-order valence-corrected chi connectivity index (χ4v) is 3.38. The third-order valence-corrected chi connectivity index (χ3v) is 4.50. The van der Waals surface area contributed by atoms with Crippen molar-refractivity contribution in [3.05, 3.63) is 48.0 Å². The molecule has 1 N–H and O–H groups in total. The average molecular weight is 310 g/mol. The Balaban J connectivity index is 1.79. The first-order valence-corrected chi connectivity index (χ1v) is 8.66. The molecule has 1 atom stereocenters. The Morgan fingerprint density at radius 2 is 1.78 bits per heavy atom. The lowest BCUT2D eigenvalue weighted by atomic mass is 10.0. The second-order valence-corrected chi connectivity index (χ2v) is 6.79. The van der Waals surface area contributed by atoms with E-state index in [1.54, 1.807) is 0 Å². The molecule has 1 aliphatic rings. The molecule has 0 bridgehead atoms. The quantitative estimate of drug-likeness (QED) is 0.918. The molecule has 2 aromatic rings. The van der Waals surface area contributed by atoms with Crippen molar-refractivity contribution in [2.45, 2.75) is 45.2 Å². The van der Waals surface area contributed by atoms with Crippen LogP contribution in [-0.2, 0) is 11.2 Å². The molecular formula is C20H26N2O. The van der Waals surface area contributed by atoms with Crippen LogP contribution in [0.2, 0.25) is 0 Å². The maximum atomic E-state index is 12.8. The lowest BCUT2D eigenvalue weighted by molar-refractivity contribution is -0.132. The highest BCUT2D eigenvalue weighted by Gasteiger charge is 2.26. The number of likely N-dealkylation sites (tertiary alicyclic amines) is 1. The molecule has 0 saturated carbocycles. The van der Waals surface area contributed by atoms with Gasteiger partial charge in [0.2, 0.25) is 5.91 Å². The monoisotopic (exact) mass is 310 g/mol. The number of carbonyl (C=O) groups excluding carboxylic acids is 1. The van der Waals surface area contributed by atoms with Crippen LogP contribution in [-0.4, -0.2) is 36.0 Å². The Morgan fingerprint density at radius 1 is 1.09 bits per heavy atom. The van der Waals surface area contributed by atoms with Gasteiger partial charge in [-0.15, -0.1) is 0 Å². The van der Waals surface area contributed by atoms with Crippen molar-refractivity contribution in [1.29, 1.82) is 0 Å². The van der Waals surface area contributed by atoms with Crippen LogP contribution in [0.15, 0.2) is 42.5 Å².